The van der Waals surface area contributed by atoms with E-state index in [2.05, 4.69) is 156 Å². The first kappa shape index (κ1) is 25.0. The van der Waals surface area contributed by atoms with Crippen molar-refractivity contribution in [3.63, 3.8) is 0 Å². The number of nitrogens with zero attached hydrogens (tertiary/aromatic N) is 2. The fourth-order valence-corrected chi connectivity index (χ4v) is 8.70. The first-order chi connectivity index (χ1) is 20.9. The van der Waals surface area contributed by atoms with Gasteiger partial charge < -0.3 is 4.57 Å². The molecule has 1 aliphatic rings. The van der Waals surface area contributed by atoms with E-state index in [1.165, 1.54) is 48.8 Å². The molecule has 200 valence electrons. The Morgan fingerprint density at radius 1 is 0.619 bits per heavy atom. The van der Waals surface area contributed by atoms with Gasteiger partial charge in [-0.3, -0.25) is 0 Å². The number of pyridine rings is 1. The highest BCUT2D eigenvalue weighted by atomic mass is 31.1. The van der Waals surface area contributed by atoms with Crippen LogP contribution in [0.3, 0.4) is 0 Å². The molecule has 0 fully saturated rings. The molecule has 0 unspecified atom stereocenters. The molecule has 0 saturated carbocycles. The van der Waals surface area contributed by atoms with Crippen LogP contribution in [0.15, 0.2) is 152 Å². The molecule has 2 nitrogen and oxygen atoms in total. The van der Waals surface area contributed by atoms with Gasteiger partial charge in [0.25, 0.3) is 0 Å². The smallest absolute Gasteiger partial charge is 0.0810 e. The molecule has 0 amide bonds. The first-order valence-corrected chi connectivity index (χ1v) is 15.9. The van der Waals surface area contributed by atoms with Crippen molar-refractivity contribution in [2.24, 2.45) is 0 Å². The molecule has 2 aromatic heterocycles. The normalized spacial score (nSPS) is 13.3. The van der Waals surface area contributed by atoms with Crippen molar-refractivity contribution >= 4 is 62.2 Å². The van der Waals surface area contributed by atoms with Gasteiger partial charge >= 0.3 is 0 Å². The summed E-state index contributed by atoms with van der Waals surface area (Å²) in [4.78, 5) is 5.39. The maximum absolute atomic E-state index is 5.39. The van der Waals surface area contributed by atoms with E-state index < -0.39 is 7.92 Å². The number of hydrogen-bond donors (Lipinski definition) is 0. The van der Waals surface area contributed by atoms with Crippen LogP contribution in [-0.4, -0.2) is 9.55 Å². The van der Waals surface area contributed by atoms with Crippen molar-refractivity contribution in [3.05, 3.63) is 152 Å². The minimum atomic E-state index is -0.720. The summed E-state index contributed by atoms with van der Waals surface area (Å²) in [6.45, 7) is 0. The number of para-hydroxylation sites is 2. The Hall–Kier alpha value is -4.78. The average Bonchev–Trinajstić information content (AvgIpc) is 3.42. The standard InChI is InChI=1S/C39H29N2P/c1-4-16-29(17-5-1)41-36-26-13-11-24-34(36)37-38(40-35-25-12-10-23-33(35)39(37)41)28-15-14-22-32(27-28)42(30-18-6-2-7-19-30)31-20-8-3-9-21-31/h1-4,6-16,18-27H,5,17H2. The Morgan fingerprint density at radius 2 is 1.29 bits per heavy atom. The Bertz CT molecular complexity index is 2100. The Morgan fingerprint density at radius 3 is 2.02 bits per heavy atom. The van der Waals surface area contributed by atoms with Crippen LogP contribution in [-0.2, 0) is 0 Å². The summed E-state index contributed by atoms with van der Waals surface area (Å²) in [6.07, 6.45) is 8.80. The van der Waals surface area contributed by atoms with Gasteiger partial charge in [0.2, 0.25) is 0 Å². The van der Waals surface area contributed by atoms with Crippen molar-refractivity contribution in [2.45, 2.75) is 12.8 Å². The molecule has 0 radical (unpaired) electrons. The molecular weight excluding hydrogens is 527 g/mol. The molecule has 2 heterocycles. The fourth-order valence-electron chi connectivity index (χ4n) is 6.36. The molecule has 1 aliphatic carbocycles. The van der Waals surface area contributed by atoms with Gasteiger partial charge in [-0.25, -0.2) is 4.98 Å². The lowest BCUT2D eigenvalue weighted by Gasteiger charge is -2.20. The van der Waals surface area contributed by atoms with Crippen LogP contribution in [0.5, 0.6) is 0 Å². The van der Waals surface area contributed by atoms with E-state index in [0.29, 0.717) is 0 Å². The molecule has 0 aliphatic heterocycles. The number of aromatic nitrogens is 2. The second kappa shape index (κ2) is 10.6. The molecule has 0 N–H and O–H groups in total. The number of rotatable bonds is 5. The van der Waals surface area contributed by atoms with Crippen molar-refractivity contribution in [1.82, 2.24) is 9.55 Å². The molecule has 0 spiro atoms. The molecule has 8 rings (SSSR count). The van der Waals surface area contributed by atoms with Gasteiger partial charge in [-0.05, 0) is 61.0 Å². The van der Waals surface area contributed by atoms with Gasteiger partial charge in [-0.1, -0.05) is 127 Å². The number of allylic oxidation sites excluding steroid dienone is 4. The monoisotopic (exact) mass is 556 g/mol. The van der Waals surface area contributed by atoms with E-state index >= 15 is 0 Å². The van der Waals surface area contributed by atoms with Gasteiger partial charge in [-0.2, -0.15) is 0 Å². The zero-order valence-corrected chi connectivity index (χ0v) is 24.1. The molecule has 0 bridgehead atoms. The molecule has 0 atom stereocenters. The van der Waals surface area contributed by atoms with Crippen molar-refractivity contribution < 1.29 is 0 Å². The van der Waals surface area contributed by atoms with Crippen LogP contribution in [0.4, 0.5) is 0 Å². The first-order valence-electron chi connectivity index (χ1n) is 14.6. The largest absolute Gasteiger partial charge is 0.312 e. The summed E-state index contributed by atoms with van der Waals surface area (Å²) in [5.41, 5.74) is 7.04. The van der Waals surface area contributed by atoms with E-state index in [1.54, 1.807) is 0 Å². The van der Waals surface area contributed by atoms with Gasteiger partial charge in [0.05, 0.1) is 22.2 Å². The van der Waals surface area contributed by atoms with Crippen LogP contribution in [0.1, 0.15) is 12.8 Å². The predicted molar refractivity (Wildman–Crippen MR) is 182 cm³/mol. The summed E-state index contributed by atoms with van der Waals surface area (Å²) in [6, 6.07) is 48.4. The molecule has 0 saturated heterocycles. The third kappa shape index (κ3) is 4.19. The molecule has 7 aromatic rings. The summed E-state index contributed by atoms with van der Waals surface area (Å²) in [5, 5.41) is 7.68. The van der Waals surface area contributed by atoms with E-state index in [9.17, 15) is 0 Å². The van der Waals surface area contributed by atoms with Crippen LogP contribution in [0.25, 0.3) is 49.7 Å². The van der Waals surface area contributed by atoms with E-state index in [-0.39, 0.29) is 0 Å². The maximum atomic E-state index is 5.39. The minimum absolute atomic E-state index is 0.720. The van der Waals surface area contributed by atoms with Crippen molar-refractivity contribution in [3.8, 4) is 11.3 Å². The van der Waals surface area contributed by atoms with E-state index in [0.717, 1.165) is 29.6 Å². The Balaban J connectivity index is 1.43. The number of hydrogen-bond acceptors (Lipinski definition) is 1. The molecule has 5 aromatic carbocycles. The van der Waals surface area contributed by atoms with Crippen LogP contribution < -0.4 is 15.9 Å². The SMILES string of the molecule is C1=CCCC(n2c3ccccc3c3c(-c4cccc(P(c5ccccc5)c5ccccc5)c4)nc4ccccc4c32)=C1. The average molecular weight is 557 g/mol. The lowest BCUT2D eigenvalue weighted by Crippen LogP contribution is -2.20. The Labute approximate surface area is 247 Å². The topological polar surface area (TPSA) is 17.8 Å². The second-order valence-corrected chi connectivity index (χ2v) is 13.0. The van der Waals surface area contributed by atoms with Gasteiger partial charge in [0, 0.05) is 27.4 Å². The highest BCUT2D eigenvalue weighted by molar-refractivity contribution is 7.79. The highest BCUT2D eigenvalue weighted by Crippen LogP contribution is 2.42. The Kier molecular flexibility index (Phi) is 6.28. The summed E-state index contributed by atoms with van der Waals surface area (Å²) >= 11 is 0. The van der Waals surface area contributed by atoms with Gasteiger partial charge in [0.15, 0.2) is 0 Å². The molecular formula is C39H29N2P. The second-order valence-electron chi connectivity index (χ2n) is 10.7. The third-order valence-electron chi connectivity index (χ3n) is 8.19. The highest BCUT2D eigenvalue weighted by Gasteiger charge is 2.22. The summed E-state index contributed by atoms with van der Waals surface area (Å²) in [7, 11) is -0.720. The predicted octanol–water partition coefficient (Wildman–Crippen LogP) is 8.96. The summed E-state index contributed by atoms with van der Waals surface area (Å²) < 4.78 is 2.49. The summed E-state index contributed by atoms with van der Waals surface area (Å²) in [5.74, 6) is 0. The molecule has 3 heteroatoms. The minimum Gasteiger partial charge on any atom is -0.312 e. The van der Waals surface area contributed by atoms with Gasteiger partial charge in [-0.15, -0.1) is 0 Å². The zero-order chi connectivity index (χ0) is 27.9. The lowest BCUT2D eigenvalue weighted by molar-refractivity contribution is 0.980. The van der Waals surface area contributed by atoms with E-state index in [4.69, 9.17) is 4.98 Å². The lowest BCUT2D eigenvalue weighted by atomic mass is 10.0. The molecule has 42 heavy (non-hydrogen) atoms. The maximum Gasteiger partial charge on any atom is 0.0810 e. The van der Waals surface area contributed by atoms with Crippen LogP contribution >= 0.6 is 7.92 Å². The number of benzene rings is 5. The number of fused-ring (bicyclic) bond motifs is 5. The van der Waals surface area contributed by atoms with E-state index in [1.807, 2.05) is 0 Å². The van der Waals surface area contributed by atoms with Crippen molar-refractivity contribution in [2.75, 3.05) is 0 Å². The van der Waals surface area contributed by atoms with Crippen LogP contribution in [0.2, 0.25) is 0 Å². The van der Waals surface area contributed by atoms with Gasteiger partial charge in [0.1, 0.15) is 0 Å². The van der Waals surface area contributed by atoms with Crippen LogP contribution in [0, 0.1) is 0 Å². The fraction of sp³-hybridized carbons (Fsp3) is 0.0513. The van der Waals surface area contributed by atoms with Crippen molar-refractivity contribution in [1.29, 1.82) is 0 Å². The third-order valence-corrected chi connectivity index (χ3v) is 10.6. The zero-order valence-electron chi connectivity index (χ0n) is 23.2. The quantitative estimate of drug-likeness (QED) is 0.194.